The number of nitrogens with one attached hydrogen (secondary N) is 2. The summed E-state index contributed by atoms with van der Waals surface area (Å²) < 4.78 is 80.4. The molecule has 0 radical (unpaired) electrons. The number of rotatable bonds is 11. The van der Waals surface area contributed by atoms with Crippen LogP contribution in [0.15, 0.2) is 71.5 Å². The first-order valence-corrected chi connectivity index (χ1v) is 17.6. The Morgan fingerprint density at radius 2 is 1.69 bits per heavy atom. The van der Waals surface area contributed by atoms with Gasteiger partial charge >= 0.3 is 6.09 Å². The second-order valence-corrected chi connectivity index (χ2v) is 14.3. The highest BCUT2D eigenvalue weighted by Crippen LogP contribution is 2.36. The van der Waals surface area contributed by atoms with Crippen molar-refractivity contribution in [3.05, 3.63) is 122 Å². The Morgan fingerprint density at radius 1 is 1.00 bits per heavy atom. The van der Waals surface area contributed by atoms with Crippen LogP contribution in [0, 0.1) is 24.4 Å². The van der Waals surface area contributed by atoms with Gasteiger partial charge in [0.1, 0.15) is 34.4 Å². The number of halogens is 4. The number of fused-ring (bicyclic) bond motifs is 2. The van der Waals surface area contributed by atoms with Gasteiger partial charge in [0.15, 0.2) is 5.82 Å². The van der Waals surface area contributed by atoms with Gasteiger partial charge in [0, 0.05) is 19.5 Å². The van der Waals surface area contributed by atoms with Crippen molar-refractivity contribution in [3.8, 4) is 11.4 Å². The molecule has 17 heteroatoms. The number of methoxy groups -OCH3 is 1. The van der Waals surface area contributed by atoms with E-state index in [0.29, 0.717) is 17.4 Å². The summed E-state index contributed by atoms with van der Waals surface area (Å²) in [5, 5.41) is 16.1. The van der Waals surface area contributed by atoms with Gasteiger partial charge in [0.25, 0.3) is 5.56 Å². The van der Waals surface area contributed by atoms with Gasteiger partial charge in [-0.05, 0) is 78.6 Å². The summed E-state index contributed by atoms with van der Waals surface area (Å²) in [6.45, 7) is 1.58. The molecule has 0 spiro atoms. The van der Waals surface area contributed by atoms with E-state index in [-0.39, 0.29) is 62.9 Å². The lowest BCUT2D eigenvalue weighted by Crippen LogP contribution is -2.35. The Kier molecular flexibility index (Phi) is 9.88. The number of nitrogens with zero attached hydrogens (tertiary/aromatic N) is 4. The lowest BCUT2D eigenvalue weighted by molar-refractivity contribution is 0.189. The van der Waals surface area contributed by atoms with Gasteiger partial charge in [-0.2, -0.15) is 5.10 Å². The fourth-order valence-corrected chi connectivity index (χ4v) is 7.34. The molecular weight excluding hydrogens is 725 g/mol. The third-order valence-electron chi connectivity index (χ3n) is 8.29. The monoisotopic (exact) mass is 754 g/mol. The molecular formula is C35H30ClF3N6O6S. The summed E-state index contributed by atoms with van der Waals surface area (Å²) in [6, 6.07) is 13.5. The number of aryl methyl sites for hydroxylation is 3. The number of hydrogen-bond acceptors (Lipinski definition) is 7. The molecule has 0 unspecified atom stereocenters. The number of benzene rings is 4. The second-order valence-electron chi connectivity index (χ2n) is 12.0. The summed E-state index contributed by atoms with van der Waals surface area (Å²) in [5.41, 5.74) is 0.212. The molecule has 0 aliphatic heterocycles. The summed E-state index contributed by atoms with van der Waals surface area (Å²) in [4.78, 5) is 31.0. The van der Waals surface area contributed by atoms with Crippen LogP contribution in [0.1, 0.15) is 28.6 Å². The fourth-order valence-electron chi connectivity index (χ4n) is 6.05. The van der Waals surface area contributed by atoms with E-state index in [1.807, 2.05) is 0 Å². The molecule has 0 saturated heterocycles. The lowest BCUT2D eigenvalue weighted by Gasteiger charge is -2.23. The third-order valence-corrected chi connectivity index (χ3v) is 9.86. The minimum atomic E-state index is -4.03. The van der Waals surface area contributed by atoms with Crippen molar-refractivity contribution >= 4 is 55.3 Å². The van der Waals surface area contributed by atoms with Crippen LogP contribution in [0.3, 0.4) is 0 Å². The van der Waals surface area contributed by atoms with E-state index in [9.17, 15) is 31.9 Å². The predicted octanol–water partition coefficient (Wildman–Crippen LogP) is 6.20. The third kappa shape index (κ3) is 7.38. The molecule has 12 nitrogen and oxygen atoms in total. The molecule has 6 aromatic rings. The van der Waals surface area contributed by atoms with Crippen molar-refractivity contribution in [3.63, 3.8) is 0 Å². The molecule has 0 aliphatic carbocycles. The summed E-state index contributed by atoms with van der Waals surface area (Å²) in [5.74, 6) is -2.87. The Bertz CT molecular complexity index is 2520. The van der Waals surface area contributed by atoms with Gasteiger partial charge in [-0.15, -0.1) is 0 Å². The molecule has 0 fully saturated rings. The molecule has 52 heavy (non-hydrogen) atoms. The topological polar surface area (TPSA) is 157 Å². The van der Waals surface area contributed by atoms with Crippen molar-refractivity contribution < 1.29 is 36.2 Å². The summed E-state index contributed by atoms with van der Waals surface area (Å²) in [6.07, 6.45) is -1.77. The zero-order valence-corrected chi connectivity index (χ0v) is 29.3. The van der Waals surface area contributed by atoms with Crippen LogP contribution in [0.5, 0.6) is 5.75 Å². The van der Waals surface area contributed by atoms with Gasteiger partial charge in [-0.1, -0.05) is 23.7 Å². The average Bonchev–Trinajstić information content (AvgIpc) is 3.38. The lowest BCUT2D eigenvalue weighted by atomic mass is 10.0. The minimum absolute atomic E-state index is 0.0185. The van der Waals surface area contributed by atoms with Gasteiger partial charge in [-0.25, -0.2) is 31.4 Å². The highest BCUT2D eigenvalue weighted by molar-refractivity contribution is 7.92. The van der Waals surface area contributed by atoms with E-state index in [2.05, 4.69) is 20.1 Å². The van der Waals surface area contributed by atoms with E-state index in [1.54, 1.807) is 31.2 Å². The van der Waals surface area contributed by atoms with Crippen molar-refractivity contribution in [2.24, 2.45) is 7.05 Å². The molecule has 1 atom stereocenters. The van der Waals surface area contributed by atoms with Gasteiger partial charge in [0.2, 0.25) is 10.0 Å². The SMILES string of the molecule is COc1ccc(CCS(=O)(=O)Nc2nn(C)c3c(-n4c([C@H](Cc5cc(F)cc(F)c5)NC(=O)O)nc5cc(C)cc(F)c5c4=O)ccc(Cl)c23)cc1. The number of anilines is 1. The molecule has 4 aromatic carbocycles. The zero-order valence-electron chi connectivity index (χ0n) is 27.7. The normalized spacial score (nSPS) is 12.3. The smallest absolute Gasteiger partial charge is 0.405 e. The van der Waals surface area contributed by atoms with Gasteiger partial charge < -0.3 is 15.2 Å². The van der Waals surface area contributed by atoms with Crippen LogP contribution in [0.25, 0.3) is 27.5 Å². The Morgan fingerprint density at radius 3 is 2.35 bits per heavy atom. The van der Waals surface area contributed by atoms with Crippen molar-refractivity contribution in [1.82, 2.24) is 24.6 Å². The molecule has 0 aliphatic rings. The first-order chi connectivity index (χ1) is 24.6. The number of ether oxygens (including phenoxy) is 1. The molecule has 2 aromatic heterocycles. The van der Waals surface area contributed by atoms with Crippen molar-refractivity contribution in [1.29, 1.82) is 0 Å². The maximum Gasteiger partial charge on any atom is 0.405 e. The Labute approximate surface area is 299 Å². The van der Waals surface area contributed by atoms with Crippen molar-refractivity contribution in [2.75, 3.05) is 17.6 Å². The number of amides is 1. The maximum atomic E-state index is 15.5. The minimum Gasteiger partial charge on any atom is -0.497 e. The highest BCUT2D eigenvalue weighted by Gasteiger charge is 2.28. The standard InChI is InChI=1S/C35H30ClF3N6O6S/c1-18-12-25(39)30-26(13-18)40-33(27(41-35(47)48)16-20-14-21(37)17-22(38)15-20)45(34(30)46)28-9-8-24(36)29-31(28)44(2)42-32(29)43-52(49,50)11-10-19-4-6-23(51-3)7-5-19/h4-9,12-15,17,27,41H,10-11,16H2,1-3H3,(H,42,43)(H,47,48)/t27-/m0/s1. The number of sulfonamides is 1. The Balaban J connectivity index is 1.52. The number of carboxylic acid groups (broad SMARTS) is 1. The number of carbonyl (C=O) groups is 1. The quantitative estimate of drug-likeness (QED) is 0.141. The van der Waals surface area contributed by atoms with Gasteiger partial charge in [-0.3, -0.25) is 18.8 Å². The van der Waals surface area contributed by atoms with E-state index in [1.165, 1.54) is 37.0 Å². The van der Waals surface area contributed by atoms with E-state index >= 15 is 4.39 Å². The van der Waals surface area contributed by atoms with Crippen LogP contribution in [0.4, 0.5) is 23.8 Å². The first-order valence-electron chi connectivity index (χ1n) is 15.6. The molecule has 2 heterocycles. The fraction of sp³-hybridized carbons (Fsp3) is 0.200. The first kappa shape index (κ1) is 36.2. The second kappa shape index (κ2) is 14.2. The predicted molar refractivity (Wildman–Crippen MR) is 189 cm³/mol. The molecule has 270 valence electrons. The molecule has 0 saturated carbocycles. The highest BCUT2D eigenvalue weighted by atomic mass is 35.5. The summed E-state index contributed by atoms with van der Waals surface area (Å²) in [7, 11) is -1.05. The maximum absolute atomic E-state index is 15.5. The Hall–Kier alpha value is -5.61. The average molecular weight is 755 g/mol. The molecule has 3 N–H and O–H groups in total. The van der Waals surface area contributed by atoms with Crippen LogP contribution in [0.2, 0.25) is 5.02 Å². The van der Waals surface area contributed by atoms with Crippen LogP contribution >= 0.6 is 11.6 Å². The molecule has 1 amide bonds. The number of hydrogen-bond donors (Lipinski definition) is 3. The molecule has 0 bridgehead atoms. The van der Waals surface area contributed by atoms with Gasteiger partial charge in [0.05, 0.1) is 46.0 Å². The van der Waals surface area contributed by atoms with E-state index in [0.717, 1.165) is 28.3 Å². The van der Waals surface area contributed by atoms with E-state index < -0.39 is 50.6 Å². The van der Waals surface area contributed by atoms with Crippen molar-refractivity contribution in [2.45, 2.75) is 25.8 Å². The largest absolute Gasteiger partial charge is 0.497 e. The van der Waals surface area contributed by atoms with E-state index in [4.69, 9.17) is 16.3 Å². The van der Waals surface area contributed by atoms with Crippen LogP contribution < -0.4 is 20.3 Å². The molecule has 6 rings (SSSR count). The summed E-state index contributed by atoms with van der Waals surface area (Å²) >= 11 is 6.63. The zero-order chi connectivity index (χ0) is 37.5. The van der Waals surface area contributed by atoms with Crippen LogP contribution in [-0.4, -0.2) is 51.8 Å². The number of aromatic nitrogens is 4. The van der Waals surface area contributed by atoms with Crippen LogP contribution in [-0.2, 0) is 29.9 Å².